The van der Waals surface area contributed by atoms with Crippen molar-refractivity contribution in [3.05, 3.63) is 63.8 Å². The van der Waals surface area contributed by atoms with E-state index in [1.165, 1.54) is 20.0 Å². The lowest BCUT2D eigenvalue weighted by Crippen LogP contribution is -2.27. The van der Waals surface area contributed by atoms with Crippen LogP contribution in [0.15, 0.2) is 48.2 Å². The highest BCUT2D eigenvalue weighted by Crippen LogP contribution is 2.34. The van der Waals surface area contributed by atoms with Crippen molar-refractivity contribution in [2.45, 2.75) is 6.92 Å². The van der Waals surface area contributed by atoms with E-state index in [9.17, 15) is 14.4 Å². The maximum Gasteiger partial charge on any atom is 0.277 e. The van der Waals surface area contributed by atoms with Gasteiger partial charge < -0.3 is 10.6 Å². The quantitative estimate of drug-likeness (QED) is 0.761. The molecule has 8 heteroatoms. The van der Waals surface area contributed by atoms with Gasteiger partial charge in [-0.3, -0.25) is 19.3 Å². The molecule has 1 heterocycles. The molecule has 0 saturated heterocycles. The van der Waals surface area contributed by atoms with Crippen LogP contribution in [0.1, 0.15) is 12.5 Å². The minimum atomic E-state index is -0.466. The van der Waals surface area contributed by atoms with E-state index >= 15 is 0 Å². The molecule has 138 valence electrons. The van der Waals surface area contributed by atoms with Gasteiger partial charge in [0.05, 0.1) is 10.6 Å². The van der Waals surface area contributed by atoms with Crippen LogP contribution >= 0.6 is 23.2 Å². The van der Waals surface area contributed by atoms with Crippen molar-refractivity contribution >= 4 is 57.9 Å². The van der Waals surface area contributed by atoms with Gasteiger partial charge in [0.2, 0.25) is 5.91 Å². The van der Waals surface area contributed by atoms with Crippen molar-refractivity contribution in [2.75, 3.05) is 17.7 Å². The van der Waals surface area contributed by atoms with Gasteiger partial charge in [0.1, 0.15) is 5.70 Å². The highest BCUT2D eigenvalue weighted by atomic mass is 35.5. The van der Waals surface area contributed by atoms with Crippen molar-refractivity contribution in [3.63, 3.8) is 0 Å². The summed E-state index contributed by atoms with van der Waals surface area (Å²) in [5, 5.41) is 6.34. The zero-order valence-electron chi connectivity index (χ0n) is 14.5. The number of carbonyl (C=O) groups excluding carboxylic acids is 3. The summed E-state index contributed by atoms with van der Waals surface area (Å²) in [6.45, 7) is 1.41. The lowest BCUT2D eigenvalue weighted by molar-refractivity contribution is -0.135. The van der Waals surface area contributed by atoms with Gasteiger partial charge in [-0.1, -0.05) is 29.3 Å². The molecule has 2 N–H and O–H groups in total. The van der Waals surface area contributed by atoms with Crippen LogP contribution in [0.25, 0.3) is 5.57 Å². The molecule has 3 rings (SSSR count). The van der Waals surface area contributed by atoms with Crippen LogP contribution in [0, 0.1) is 0 Å². The van der Waals surface area contributed by atoms with Gasteiger partial charge in [0, 0.05) is 35.9 Å². The van der Waals surface area contributed by atoms with Gasteiger partial charge in [0.15, 0.2) is 0 Å². The summed E-state index contributed by atoms with van der Waals surface area (Å²) in [5.74, 6) is -1.11. The van der Waals surface area contributed by atoms with E-state index in [-0.39, 0.29) is 22.2 Å². The molecule has 1 aliphatic heterocycles. The van der Waals surface area contributed by atoms with Gasteiger partial charge in [-0.2, -0.15) is 0 Å². The second kappa shape index (κ2) is 7.42. The second-order valence-electron chi connectivity index (χ2n) is 5.93. The standard InChI is InChI=1S/C19H15Cl2N3O3/c1-10(25)22-12-4-6-13(7-5-12)23-17-16(18(26)24(2)19(17)27)14-8-3-11(20)9-15(14)21/h3-9,23H,1-2H3,(H,22,25). The molecule has 0 bridgehead atoms. The minimum Gasteiger partial charge on any atom is -0.350 e. The molecule has 2 aromatic rings. The fraction of sp³-hybridized carbons (Fsp3) is 0.105. The summed E-state index contributed by atoms with van der Waals surface area (Å²) in [6, 6.07) is 11.5. The molecular weight excluding hydrogens is 389 g/mol. The molecule has 3 amide bonds. The largest absolute Gasteiger partial charge is 0.350 e. The van der Waals surface area contributed by atoms with Gasteiger partial charge in [-0.25, -0.2) is 0 Å². The summed E-state index contributed by atoms with van der Waals surface area (Å²) in [5.41, 5.74) is 1.92. The number of imide groups is 1. The third-order valence-corrected chi connectivity index (χ3v) is 4.51. The Morgan fingerprint density at radius 2 is 1.59 bits per heavy atom. The highest BCUT2D eigenvalue weighted by molar-refractivity contribution is 6.41. The minimum absolute atomic E-state index is 0.124. The molecule has 1 aliphatic rings. The normalized spacial score (nSPS) is 14.0. The monoisotopic (exact) mass is 403 g/mol. The summed E-state index contributed by atoms with van der Waals surface area (Å²) < 4.78 is 0. The van der Waals surface area contributed by atoms with Gasteiger partial charge in [-0.05, 0) is 36.4 Å². The number of halogens is 2. The van der Waals surface area contributed by atoms with Crippen LogP contribution in [0.3, 0.4) is 0 Å². The lowest BCUT2D eigenvalue weighted by atomic mass is 10.0. The number of hydrogen-bond acceptors (Lipinski definition) is 4. The fourth-order valence-electron chi connectivity index (χ4n) is 2.68. The number of nitrogens with one attached hydrogen (secondary N) is 2. The molecule has 6 nitrogen and oxygen atoms in total. The third-order valence-electron chi connectivity index (χ3n) is 3.96. The number of rotatable bonds is 4. The van der Waals surface area contributed by atoms with Crippen molar-refractivity contribution in [1.29, 1.82) is 0 Å². The Morgan fingerprint density at radius 3 is 2.19 bits per heavy atom. The van der Waals surface area contributed by atoms with Crippen LogP contribution in [0.2, 0.25) is 10.0 Å². The average molecular weight is 404 g/mol. The molecule has 0 atom stereocenters. The first-order chi connectivity index (χ1) is 12.8. The van der Waals surface area contributed by atoms with Gasteiger partial charge >= 0.3 is 0 Å². The van der Waals surface area contributed by atoms with Crippen molar-refractivity contribution in [1.82, 2.24) is 4.90 Å². The first kappa shape index (κ1) is 18.9. The number of nitrogens with zero attached hydrogens (tertiary/aromatic N) is 1. The summed E-state index contributed by atoms with van der Waals surface area (Å²) in [7, 11) is 1.41. The van der Waals surface area contributed by atoms with E-state index in [0.717, 1.165) is 4.90 Å². The Bertz CT molecular complexity index is 984. The van der Waals surface area contributed by atoms with E-state index in [4.69, 9.17) is 23.2 Å². The van der Waals surface area contributed by atoms with Crippen molar-refractivity contribution in [3.8, 4) is 0 Å². The summed E-state index contributed by atoms with van der Waals surface area (Å²) in [6.07, 6.45) is 0. The predicted molar refractivity (Wildman–Crippen MR) is 106 cm³/mol. The summed E-state index contributed by atoms with van der Waals surface area (Å²) >= 11 is 12.2. The Balaban J connectivity index is 2.00. The Labute approximate surface area is 165 Å². The molecule has 0 aromatic heterocycles. The molecule has 0 radical (unpaired) electrons. The van der Waals surface area contributed by atoms with Crippen LogP contribution in [0.4, 0.5) is 11.4 Å². The molecule has 0 saturated carbocycles. The van der Waals surface area contributed by atoms with Crippen LogP contribution in [0.5, 0.6) is 0 Å². The van der Waals surface area contributed by atoms with E-state index in [2.05, 4.69) is 10.6 Å². The molecule has 2 aromatic carbocycles. The fourth-order valence-corrected chi connectivity index (χ4v) is 3.19. The zero-order chi connectivity index (χ0) is 19.7. The molecule has 0 unspecified atom stereocenters. The predicted octanol–water partition coefficient (Wildman–Crippen LogP) is 3.77. The van der Waals surface area contributed by atoms with Crippen LogP contribution < -0.4 is 10.6 Å². The molecular formula is C19H15Cl2N3O3. The Kier molecular flexibility index (Phi) is 5.21. The molecule has 0 aliphatic carbocycles. The van der Waals surface area contributed by atoms with Gasteiger partial charge in [-0.15, -0.1) is 0 Å². The molecule has 27 heavy (non-hydrogen) atoms. The molecule has 0 spiro atoms. The number of likely N-dealkylation sites (N-methyl/N-ethyl adjacent to an activating group) is 1. The summed E-state index contributed by atoms with van der Waals surface area (Å²) in [4.78, 5) is 37.3. The van der Waals surface area contributed by atoms with Gasteiger partial charge in [0.25, 0.3) is 11.8 Å². The molecule has 0 fully saturated rings. The number of anilines is 2. The van der Waals surface area contributed by atoms with E-state index in [1.54, 1.807) is 36.4 Å². The zero-order valence-corrected chi connectivity index (χ0v) is 16.0. The number of benzene rings is 2. The SMILES string of the molecule is CC(=O)Nc1ccc(NC2=C(c3ccc(Cl)cc3Cl)C(=O)N(C)C2=O)cc1. The maximum atomic E-state index is 12.6. The second-order valence-corrected chi connectivity index (χ2v) is 6.77. The average Bonchev–Trinajstić information content (AvgIpc) is 2.81. The smallest absolute Gasteiger partial charge is 0.277 e. The van der Waals surface area contributed by atoms with E-state index in [0.29, 0.717) is 22.0 Å². The van der Waals surface area contributed by atoms with Crippen LogP contribution in [-0.2, 0) is 14.4 Å². The van der Waals surface area contributed by atoms with Crippen molar-refractivity contribution < 1.29 is 14.4 Å². The first-order valence-corrected chi connectivity index (χ1v) is 8.70. The van der Waals surface area contributed by atoms with E-state index < -0.39 is 11.8 Å². The third kappa shape index (κ3) is 3.82. The lowest BCUT2D eigenvalue weighted by Gasteiger charge is -2.10. The van der Waals surface area contributed by atoms with Crippen LogP contribution in [-0.4, -0.2) is 29.7 Å². The Hall–Kier alpha value is -2.83. The first-order valence-electron chi connectivity index (χ1n) is 7.94. The highest BCUT2D eigenvalue weighted by Gasteiger charge is 2.37. The number of carbonyl (C=O) groups is 3. The Morgan fingerprint density at radius 1 is 0.963 bits per heavy atom. The van der Waals surface area contributed by atoms with E-state index in [1.807, 2.05) is 0 Å². The number of hydrogen-bond donors (Lipinski definition) is 2. The van der Waals surface area contributed by atoms with Crippen molar-refractivity contribution in [2.24, 2.45) is 0 Å². The number of amides is 3. The maximum absolute atomic E-state index is 12.6. The topological polar surface area (TPSA) is 78.5 Å².